The van der Waals surface area contributed by atoms with Gasteiger partial charge >= 0.3 is 0 Å². The van der Waals surface area contributed by atoms with E-state index in [0.29, 0.717) is 11.5 Å². The quantitative estimate of drug-likeness (QED) is 0.817. The van der Waals surface area contributed by atoms with Crippen molar-refractivity contribution in [1.29, 1.82) is 0 Å². The van der Waals surface area contributed by atoms with E-state index in [1.54, 1.807) is 0 Å². The Hall–Kier alpha value is -0.800. The van der Waals surface area contributed by atoms with E-state index in [4.69, 9.17) is 5.73 Å². The minimum Gasteiger partial charge on any atom is -0.393 e. The number of fused-ring (bicyclic) bond motifs is 1. The molecule has 3 nitrogen and oxygen atoms in total. The fourth-order valence-electron chi connectivity index (χ4n) is 3.94. The van der Waals surface area contributed by atoms with Gasteiger partial charge in [-0.05, 0) is 55.6 Å². The molecule has 1 fully saturated rings. The lowest BCUT2D eigenvalue weighted by Crippen LogP contribution is -2.31. The zero-order valence-electron chi connectivity index (χ0n) is 12.1. The molecule has 3 heteroatoms. The first kappa shape index (κ1) is 13.2. The van der Waals surface area contributed by atoms with Crippen LogP contribution >= 0.6 is 0 Å². The van der Waals surface area contributed by atoms with Crippen molar-refractivity contribution >= 4 is 0 Å². The highest BCUT2D eigenvalue weighted by molar-refractivity contribution is 5.30. The number of aliphatic hydroxyl groups excluding tert-OH is 1. The maximum Gasteiger partial charge on any atom is 0.0541 e. The van der Waals surface area contributed by atoms with Crippen LogP contribution in [0.1, 0.15) is 69.3 Å². The van der Waals surface area contributed by atoms with E-state index in [1.807, 2.05) is 0 Å². The predicted octanol–water partition coefficient (Wildman–Crippen LogP) is 2.94. The molecule has 0 bridgehead atoms. The molecule has 1 heterocycles. The molecule has 0 radical (unpaired) electrons. The van der Waals surface area contributed by atoms with Crippen molar-refractivity contribution in [2.75, 3.05) is 0 Å². The van der Waals surface area contributed by atoms with Crippen molar-refractivity contribution < 1.29 is 5.11 Å². The second-order valence-electron chi connectivity index (χ2n) is 7.24. The summed E-state index contributed by atoms with van der Waals surface area (Å²) in [5, 5.41) is 9.66. The molecule has 1 unspecified atom stereocenters. The largest absolute Gasteiger partial charge is 0.393 e. The summed E-state index contributed by atoms with van der Waals surface area (Å²) >= 11 is 0. The van der Waals surface area contributed by atoms with Crippen LogP contribution in [0.4, 0.5) is 0 Å². The third-order valence-electron chi connectivity index (χ3n) is 4.94. The Morgan fingerprint density at radius 1 is 1.26 bits per heavy atom. The van der Waals surface area contributed by atoms with Crippen LogP contribution in [-0.4, -0.2) is 15.8 Å². The number of aromatic nitrogens is 1. The molecular formula is C16H26N2O. The summed E-state index contributed by atoms with van der Waals surface area (Å²) in [5.41, 5.74) is 9.44. The maximum absolute atomic E-state index is 9.66. The molecule has 3 rings (SSSR count). The molecule has 106 valence electrons. The van der Waals surface area contributed by atoms with Crippen LogP contribution in [0.25, 0.3) is 0 Å². The Morgan fingerprint density at radius 2 is 1.95 bits per heavy atom. The van der Waals surface area contributed by atoms with Gasteiger partial charge in [0.25, 0.3) is 0 Å². The number of rotatable bonds is 1. The van der Waals surface area contributed by atoms with Crippen molar-refractivity contribution in [1.82, 2.24) is 4.57 Å². The van der Waals surface area contributed by atoms with Crippen molar-refractivity contribution in [3.8, 4) is 0 Å². The molecule has 0 aromatic carbocycles. The van der Waals surface area contributed by atoms with Crippen LogP contribution in [0, 0.1) is 5.41 Å². The Kier molecular flexibility index (Phi) is 3.22. The topological polar surface area (TPSA) is 51.2 Å². The minimum atomic E-state index is -0.0821. The Labute approximate surface area is 115 Å². The van der Waals surface area contributed by atoms with Gasteiger partial charge in [0.15, 0.2) is 0 Å². The van der Waals surface area contributed by atoms with Crippen LogP contribution in [-0.2, 0) is 6.42 Å². The summed E-state index contributed by atoms with van der Waals surface area (Å²) in [6.07, 6.45) is 8.42. The molecule has 2 aliphatic carbocycles. The van der Waals surface area contributed by atoms with Gasteiger partial charge in [-0.2, -0.15) is 0 Å². The van der Waals surface area contributed by atoms with Crippen molar-refractivity contribution in [2.45, 2.75) is 70.6 Å². The summed E-state index contributed by atoms with van der Waals surface area (Å²) in [6.45, 7) is 4.63. The van der Waals surface area contributed by atoms with E-state index in [-0.39, 0.29) is 12.1 Å². The third-order valence-corrected chi connectivity index (χ3v) is 4.94. The highest BCUT2D eigenvalue weighted by atomic mass is 16.3. The van der Waals surface area contributed by atoms with Crippen LogP contribution < -0.4 is 5.73 Å². The first-order valence-electron chi connectivity index (χ1n) is 7.59. The highest BCUT2D eigenvalue weighted by Gasteiger charge is 2.34. The molecule has 1 aromatic rings. The second kappa shape index (κ2) is 4.64. The molecule has 1 aromatic heterocycles. The van der Waals surface area contributed by atoms with E-state index in [0.717, 1.165) is 38.5 Å². The second-order valence-corrected chi connectivity index (χ2v) is 7.24. The van der Waals surface area contributed by atoms with Gasteiger partial charge in [0.05, 0.1) is 6.10 Å². The van der Waals surface area contributed by atoms with Crippen LogP contribution in [0.2, 0.25) is 0 Å². The van der Waals surface area contributed by atoms with Gasteiger partial charge in [-0.15, -0.1) is 0 Å². The third kappa shape index (κ3) is 2.46. The van der Waals surface area contributed by atoms with Crippen LogP contribution in [0.5, 0.6) is 0 Å². The monoisotopic (exact) mass is 262 g/mol. The summed E-state index contributed by atoms with van der Waals surface area (Å²) < 4.78 is 2.46. The van der Waals surface area contributed by atoms with Gasteiger partial charge < -0.3 is 15.4 Å². The molecule has 1 saturated carbocycles. The molecule has 1 atom stereocenters. The van der Waals surface area contributed by atoms with Crippen LogP contribution in [0.3, 0.4) is 0 Å². The smallest absolute Gasteiger partial charge is 0.0541 e. The lowest BCUT2D eigenvalue weighted by Gasteiger charge is -2.36. The molecule has 0 spiro atoms. The van der Waals surface area contributed by atoms with E-state index < -0.39 is 0 Å². The summed E-state index contributed by atoms with van der Waals surface area (Å²) in [4.78, 5) is 0. The van der Waals surface area contributed by atoms with Crippen LogP contribution in [0.15, 0.2) is 12.3 Å². The first-order chi connectivity index (χ1) is 8.96. The fraction of sp³-hybridized carbons (Fsp3) is 0.750. The van der Waals surface area contributed by atoms with Crippen molar-refractivity contribution in [2.24, 2.45) is 11.1 Å². The van der Waals surface area contributed by atoms with Gasteiger partial charge in [0.2, 0.25) is 0 Å². The van der Waals surface area contributed by atoms with Gasteiger partial charge in [-0.25, -0.2) is 0 Å². The van der Waals surface area contributed by atoms with Crippen molar-refractivity contribution in [3.63, 3.8) is 0 Å². The maximum atomic E-state index is 9.66. The van der Waals surface area contributed by atoms with Crippen molar-refractivity contribution in [3.05, 3.63) is 23.5 Å². The molecule has 3 N–H and O–H groups in total. The molecule has 19 heavy (non-hydrogen) atoms. The molecular weight excluding hydrogens is 236 g/mol. The Morgan fingerprint density at radius 3 is 2.63 bits per heavy atom. The van der Waals surface area contributed by atoms with Gasteiger partial charge in [0.1, 0.15) is 0 Å². The molecule has 2 aliphatic rings. The number of hydrogen-bond donors (Lipinski definition) is 2. The number of hydrogen-bond acceptors (Lipinski definition) is 2. The SMILES string of the molecule is CC1(C)Cc2c(ccn2C2CCC(O)CC2)C(N)C1. The van der Waals surface area contributed by atoms with E-state index >= 15 is 0 Å². The average Bonchev–Trinajstić information content (AvgIpc) is 2.72. The molecule has 0 saturated heterocycles. The van der Waals surface area contributed by atoms with E-state index in [9.17, 15) is 5.11 Å². The summed E-state index contributed by atoms with van der Waals surface area (Å²) in [6, 6.07) is 2.97. The van der Waals surface area contributed by atoms with Gasteiger partial charge in [0, 0.05) is 24.0 Å². The number of nitrogens with two attached hydrogens (primary N) is 1. The van der Waals surface area contributed by atoms with E-state index in [1.165, 1.54) is 11.3 Å². The zero-order valence-corrected chi connectivity index (χ0v) is 12.1. The Bertz CT molecular complexity index is 455. The normalized spacial score (nSPS) is 34.0. The van der Waals surface area contributed by atoms with E-state index in [2.05, 4.69) is 30.7 Å². The fourth-order valence-corrected chi connectivity index (χ4v) is 3.94. The molecule has 0 aliphatic heterocycles. The predicted molar refractivity (Wildman–Crippen MR) is 77.0 cm³/mol. The lowest BCUT2D eigenvalue weighted by molar-refractivity contribution is 0.109. The average molecular weight is 262 g/mol. The Balaban J connectivity index is 1.88. The number of aliphatic hydroxyl groups is 1. The molecule has 0 amide bonds. The first-order valence-corrected chi connectivity index (χ1v) is 7.59. The number of nitrogens with zero attached hydrogens (tertiary/aromatic N) is 1. The van der Waals surface area contributed by atoms with Gasteiger partial charge in [-0.3, -0.25) is 0 Å². The summed E-state index contributed by atoms with van der Waals surface area (Å²) in [7, 11) is 0. The standard InChI is InChI=1S/C16H26N2O/c1-16(2)9-14(17)13-7-8-18(15(13)10-16)11-3-5-12(19)6-4-11/h7-8,11-12,14,19H,3-6,9-10,17H2,1-2H3. The lowest BCUT2D eigenvalue weighted by atomic mass is 9.74. The minimum absolute atomic E-state index is 0.0821. The highest BCUT2D eigenvalue weighted by Crippen LogP contribution is 2.42. The van der Waals surface area contributed by atoms with Gasteiger partial charge in [-0.1, -0.05) is 13.8 Å². The zero-order chi connectivity index (χ0) is 13.6. The summed E-state index contributed by atoms with van der Waals surface area (Å²) in [5.74, 6) is 0.